The molecule has 0 heterocycles. The first-order chi connectivity index (χ1) is 10.4. The minimum Gasteiger partial charge on any atom is -0.393 e. The molecule has 0 aliphatic heterocycles. The maximum absolute atomic E-state index is 12.0. The van der Waals surface area contributed by atoms with Crippen molar-refractivity contribution >= 4 is 5.78 Å². The Kier molecular flexibility index (Phi) is 3.32. The van der Waals surface area contributed by atoms with Crippen LogP contribution in [-0.2, 0) is 4.79 Å². The Morgan fingerprint density at radius 3 is 2.50 bits per heavy atom. The Morgan fingerprint density at radius 2 is 1.73 bits per heavy atom. The molecule has 4 rings (SSSR count). The molecule has 2 nitrogen and oxygen atoms in total. The van der Waals surface area contributed by atoms with E-state index in [0.29, 0.717) is 23.0 Å². The zero-order chi connectivity index (χ0) is 15.7. The highest BCUT2D eigenvalue weighted by molar-refractivity contribution is 5.79. The summed E-state index contributed by atoms with van der Waals surface area (Å²) in [5, 5.41) is 10.5. The van der Waals surface area contributed by atoms with E-state index in [4.69, 9.17) is 0 Å². The second kappa shape index (κ2) is 4.82. The third kappa shape index (κ3) is 1.85. The van der Waals surface area contributed by atoms with Gasteiger partial charge < -0.3 is 5.11 Å². The van der Waals surface area contributed by atoms with Gasteiger partial charge in [-0.25, -0.2) is 0 Å². The van der Waals surface area contributed by atoms with Crippen molar-refractivity contribution in [2.45, 2.75) is 78.2 Å². The average molecular weight is 304 g/mol. The third-order valence-corrected chi connectivity index (χ3v) is 8.80. The molecule has 4 fully saturated rings. The minimum atomic E-state index is -0.0766. The van der Waals surface area contributed by atoms with Crippen molar-refractivity contribution < 1.29 is 9.90 Å². The second-order valence-corrected chi connectivity index (χ2v) is 9.58. The van der Waals surface area contributed by atoms with Gasteiger partial charge in [-0.2, -0.15) is 0 Å². The number of carbonyl (C=O) groups is 1. The van der Waals surface area contributed by atoms with Crippen molar-refractivity contribution in [3.8, 4) is 0 Å². The lowest BCUT2D eigenvalue weighted by molar-refractivity contribution is -0.152. The first-order valence-corrected chi connectivity index (χ1v) is 9.56. The smallest absolute Gasteiger partial charge is 0.133 e. The van der Waals surface area contributed by atoms with E-state index >= 15 is 0 Å². The lowest BCUT2D eigenvalue weighted by atomic mass is 9.43. The molecule has 2 heteroatoms. The molecule has 0 saturated heterocycles. The molecule has 0 bridgehead atoms. The molecular formula is C20H32O2. The molecule has 22 heavy (non-hydrogen) atoms. The molecule has 0 radical (unpaired) electrons. The highest BCUT2D eigenvalue weighted by atomic mass is 16.3. The van der Waals surface area contributed by atoms with Gasteiger partial charge in [-0.05, 0) is 78.9 Å². The standard InChI is InChI=1S/C20H32O2/c1-12-10-14-15-4-5-18(22)20(15,3)9-7-16(14)19(2)8-6-13(21)11-17(12)19/h12,14-18,22H,4-11H2,1-3H3/t12-,14-,15-,16-,17?,18-,19+,20-/m0/s1. The summed E-state index contributed by atoms with van der Waals surface area (Å²) < 4.78 is 0. The second-order valence-electron chi connectivity index (χ2n) is 9.58. The Bertz CT molecular complexity index is 486. The van der Waals surface area contributed by atoms with E-state index in [1.165, 1.54) is 25.7 Å². The topological polar surface area (TPSA) is 37.3 Å². The van der Waals surface area contributed by atoms with Gasteiger partial charge in [0.1, 0.15) is 5.78 Å². The van der Waals surface area contributed by atoms with E-state index in [-0.39, 0.29) is 11.5 Å². The predicted molar refractivity (Wildman–Crippen MR) is 87.3 cm³/mol. The minimum absolute atomic E-state index is 0.0766. The molecule has 0 spiro atoms. The molecule has 4 aliphatic carbocycles. The van der Waals surface area contributed by atoms with Crippen LogP contribution in [0, 0.1) is 40.4 Å². The van der Waals surface area contributed by atoms with E-state index in [0.717, 1.165) is 43.4 Å². The largest absolute Gasteiger partial charge is 0.393 e. The summed E-state index contributed by atoms with van der Waals surface area (Å²) in [7, 11) is 0. The summed E-state index contributed by atoms with van der Waals surface area (Å²) in [6.07, 6.45) is 8.71. The number of rotatable bonds is 0. The van der Waals surface area contributed by atoms with Crippen molar-refractivity contribution in [3.05, 3.63) is 0 Å². The summed E-state index contributed by atoms with van der Waals surface area (Å²) in [6, 6.07) is 0. The van der Waals surface area contributed by atoms with E-state index in [1.54, 1.807) is 0 Å². The Labute approximate surface area is 135 Å². The maximum atomic E-state index is 12.0. The van der Waals surface area contributed by atoms with Crippen LogP contribution >= 0.6 is 0 Å². The van der Waals surface area contributed by atoms with Gasteiger partial charge in [0, 0.05) is 12.8 Å². The summed E-state index contributed by atoms with van der Waals surface area (Å²) >= 11 is 0. The van der Waals surface area contributed by atoms with Crippen molar-refractivity contribution in [2.24, 2.45) is 40.4 Å². The predicted octanol–water partition coefficient (Wildman–Crippen LogP) is 4.21. The van der Waals surface area contributed by atoms with E-state index in [9.17, 15) is 9.90 Å². The van der Waals surface area contributed by atoms with E-state index < -0.39 is 0 Å². The Balaban J connectivity index is 1.68. The summed E-state index contributed by atoms with van der Waals surface area (Å²) in [4.78, 5) is 12.0. The van der Waals surface area contributed by atoms with Gasteiger partial charge in [-0.15, -0.1) is 0 Å². The van der Waals surface area contributed by atoms with Gasteiger partial charge in [0.25, 0.3) is 0 Å². The molecule has 8 atom stereocenters. The first-order valence-electron chi connectivity index (χ1n) is 9.56. The van der Waals surface area contributed by atoms with Crippen LogP contribution in [0.5, 0.6) is 0 Å². The third-order valence-electron chi connectivity index (χ3n) is 8.80. The molecular weight excluding hydrogens is 272 g/mol. The fraction of sp³-hybridized carbons (Fsp3) is 0.950. The van der Waals surface area contributed by atoms with Gasteiger partial charge in [-0.3, -0.25) is 4.79 Å². The summed E-state index contributed by atoms with van der Waals surface area (Å²) in [5.41, 5.74) is 0.555. The number of aliphatic hydroxyl groups excluding tert-OH is 1. The SMILES string of the molecule is C[C@H]1C[C@H]2[C@@H]3CC[C@H](O)[C@@]3(C)CC[C@@H]2[C@@]2(C)CCC(=O)CC12. The summed E-state index contributed by atoms with van der Waals surface area (Å²) in [6.45, 7) is 7.26. The van der Waals surface area contributed by atoms with Crippen LogP contribution in [0.15, 0.2) is 0 Å². The molecule has 0 aromatic rings. The van der Waals surface area contributed by atoms with Crippen molar-refractivity contribution in [2.75, 3.05) is 0 Å². The highest BCUT2D eigenvalue weighted by Gasteiger charge is 2.61. The van der Waals surface area contributed by atoms with E-state index in [1.807, 2.05) is 0 Å². The Hall–Kier alpha value is -0.370. The molecule has 4 aliphatic rings. The number of Topliss-reactive ketones (excluding diaryl/α,β-unsaturated/α-hetero) is 1. The molecule has 4 saturated carbocycles. The van der Waals surface area contributed by atoms with Crippen LogP contribution in [0.2, 0.25) is 0 Å². The van der Waals surface area contributed by atoms with E-state index in [2.05, 4.69) is 20.8 Å². The normalized spacial score (nSPS) is 57.9. The lowest BCUT2D eigenvalue weighted by Gasteiger charge is -2.61. The number of aliphatic hydroxyl groups is 1. The van der Waals surface area contributed by atoms with Crippen molar-refractivity contribution in [1.82, 2.24) is 0 Å². The number of hydrogen-bond donors (Lipinski definition) is 1. The Morgan fingerprint density at radius 1 is 1.00 bits per heavy atom. The molecule has 0 aromatic carbocycles. The van der Waals surface area contributed by atoms with Crippen LogP contribution in [0.3, 0.4) is 0 Å². The average Bonchev–Trinajstić information content (AvgIpc) is 2.77. The van der Waals surface area contributed by atoms with Gasteiger partial charge >= 0.3 is 0 Å². The molecule has 0 aromatic heterocycles. The summed E-state index contributed by atoms with van der Waals surface area (Å²) in [5.74, 6) is 4.11. The fourth-order valence-corrected chi connectivity index (χ4v) is 7.49. The number of ketones is 1. The first kappa shape index (κ1) is 15.2. The lowest BCUT2D eigenvalue weighted by Crippen LogP contribution is -2.56. The number of hydrogen-bond acceptors (Lipinski definition) is 2. The molecule has 124 valence electrons. The quantitative estimate of drug-likeness (QED) is 0.728. The maximum Gasteiger partial charge on any atom is 0.133 e. The van der Waals surface area contributed by atoms with Gasteiger partial charge in [0.2, 0.25) is 0 Å². The van der Waals surface area contributed by atoms with Gasteiger partial charge in [-0.1, -0.05) is 20.8 Å². The zero-order valence-electron chi connectivity index (χ0n) is 14.5. The van der Waals surface area contributed by atoms with Gasteiger partial charge in [0.05, 0.1) is 6.10 Å². The van der Waals surface area contributed by atoms with Crippen LogP contribution in [0.4, 0.5) is 0 Å². The molecule has 0 amide bonds. The zero-order valence-corrected chi connectivity index (χ0v) is 14.5. The molecule has 1 unspecified atom stereocenters. The highest BCUT2D eigenvalue weighted by Crippen LogP contribution is 2.66. The molecule has 1 N–H and O–H groups in total. The number of carbonyl (C=O) groups excluding carboxylic acids is 1. The van der Waals surface area contributed by atoms with Gasteiger partial charge in [0.15, 0.2) is 0 Å². The van der Waals surface area contributed by atoms with Crippen molar-refractivity contribution in [1.29, 1.82) is 0 Å². The van der Waals surface area contributed by atoms with Crippen LogP contribution in [0.25, 0.3) is 0 Å². The fourth-order valence-electron chi connectivity index (χ4n) is 7.49. The van der Waals surface area contributed by atoms with Crippen LogP contribution in [0.1, 0.15) is 72.1 Å². The monoisotopic (exact) mass is 304 g/mol. The van der Waals surface area contributed by atoms with Crippen molar-refractivity contribution in [3.63, 3.8) is 0 Å². The van der Waals surface area contributed by atoms with Crippen LogP contribution in [-0.4, -0.2) is 17.0 Å². The van der Waals surface area contributed by atoms with Crippen LogP contribution < -0.4 is 0 Å². The number of fused-ring (bicyclic) bond motifs is 5.